The average molecular weight is 549 g/mol. The zero-order valence-corrected chi connectivity index (χ0v) is 20.3. The highest BCUT2D eigenvalue weighted by Crippen LogP contribution is 2.32. The van der Waals surface area contributed by atoms with E-state index in [0.717, 1.165) is 29.7 Å². The third-order valence-electron chi connectivity index (χ3n) is 3.75. The number of anilines is 1. The maximum Gasteiger partial charge on any atom is 0.305 e. The first-order chi connectivity index (χ1) is 13.9. The Hall–Kier alpha value is -2.07. The second-order valence-corrected chi connectivity index (χ2v) is 9.27. The number of nitro groups is 2. The molecule has 0 saturated heterocycles. The van der Waals surface area contributed by atoms with Gasteiger partial charge in [0.1, 0.15) is 5.69 Å². The molecule has 0 aromatic heterocycles. The van der Waals surface area contributed by atoms with Crippen LogP contribution < -0.4 is 4.90 Å². The highest BCUT2D eigenvalue weighted by molar-refractivity contribution is 9.10. The zero-order valence-electron chi connectivity index (χ0n) is 17.1. The van der Waals surface area contributed by atoms with Crippen LogP contribution in [0.2, 0.25) is 0 Å². The summed E-state index contributed by atoms with van der Waals surface area (Å²) >= 11 is 6.29. The molecule has 30 heavy (non-hydrogen) atoms. The summed E-state index contributed by atoms with van der Waals surface area (Å²) in [6.07, 6.45) is 0. The Kier molecular flexibility index (Phi) is 10.3. The summed E-state index contributed by atoms with van der Waals surface area (Å²) in [6, 6.07) is 8.83. The fourth-order valence-electron chi connectivity index (χ4n) is 2.69. The van der Waals surface area contributed by atoms with Crippen molar-refractivity contribution in [2.75, 3.05) is 18.0 Å². The van der Waals surface area contributed by atoms with Crippen LogP contribution in [0, 0.1) is 37.9 Å². The molecule has 0 atom stereocenters. The van der Waals surface area contributed by atoms with Crippen molar-refractivity contribution in [1.29, 1.82) is 0 Å². The fraction of sp³-hybridized carbons (Fsp3) is 0.400. The van der Waals surface area contributed by atoms with Crippen molar-refractivity contribution in [1.82, 2.24) is 0 Å². The molecule has 0 aliphatic rings. The van der Waals surface area contributed by atoms with Gasteiger partial charge >= 0.3 is 5.69 Å². The van der Waals surface area contributed by atoms with Gasteiger partial charge in [0, 0.05) is 34.2 Å². The van der Waals surface area contributed by atoms with Crippen LogP contribution in [0.5, 0.6) is 0 Å². The van der Waals surface area contributed by atoms with Crippen molar-refractivity contribution in [3.63, 3.8) is 0 Å². The Morgan fingerprint density at radius 2 is 1.30 bits per heavy atom. The molecule has 164 valence electrons. The fourth-order valence-corrected chi connectivity index (χ4v) is 3.39. The van der Waals surface area contributed by atoms with E-state index in [1.165, 1.54) is 6.07 Å². The monoisotopic (exact) mass is 547 g/mol. The lowest BCUT2D eigenvalue weighted by molar-refractivity contribution is -0.387. The summed E-state index contributed by atoms with van der Waals surface area (Å²) in [7, 11) is 0. The van der Waals surface area contributed by atoms with Crippen molar-refractivity contribution in [2.24, 2.45) is 11.8 Å². The Balaban J connectivity index is 0.000000346. The zero-order chi connectivity index (χ0) is 23.0. The number of halogens is 3. The molecule has 2 aromatic carbocycles. The first-order valence-electron chi connectivity index (χ1n) is 9.20. The van der Waals surface area contributed by atoms with Crippen LogP contribution in [0.1, 0.15) is 27.7 Å². The van der Waals surface area contributed by atoms with Gasteiger partial charge in [-0.3, -0.25) is 20.2 Å². The minimum Gasteiger partial charge on any atom is -0.365 e. The molecule has 0 N–H and O–H groups in total. The molecule has 0 radical (unpaired) electrons. The van der Waals surface area contributed by atoms with Crippen LogP contribution >= 0.6 is 31.9 Å². The standard InChI is InChI=1S/C14H21BrN2O2.C6H3BrFNO2/c1-10(2)8-16(9-11(3)4)13-6-5-12(15)7-14(13)17(18)19;7-4-1-2-5(8)6(3-4)9(10)11/h5-7,10-11H,8-9H2,1-4H3;1-3H. The predicted octanol–water partition coefficient (Wildman–Crippen LogP) is 6.97. The predicted molar refractivity (Wildman–Crippen MR) is 123 cm³/mol. The summed E-state index contributed by atoms with van der Waals surface area (Å²) in [5.41, 5.74) is 0.352. The summed E-state index contributed by atoms with van der Waals surface area (Å²) in [4.78, 5) is 22.4. The number of nitro benzene ring substituents is 2. The van der Waals surface area contributed by atoms with Crippen LogP contribution in [0.25, 0.3) is 0 Å². The molecule has 0 unspecified atom stereocenters. The van der Waals surface area contributed by atoms with Gasteiger partial charge in [-0.2, -0.15) is 4.39 Å². The van der Waals surface area contributed by atoms with Gasteiger partial charge in [-0.25, -0.2) is 0 Å². The summed E-state index contributed by atoms with van der Waals surface area (Å²) < 4.78 is 13.8. The minimum atomic E-state index is -0.821. The van der Waals surface area contributed by atoms with Gasteiger partial charge in [0.05, 0.1) is 9.85 Å². The lowest BCUT2D eigenvalue weighted by atomic mass is 10.1. The second kappa shape index (κ2) is 11.9. The van der Waals surface area contributed by atoms with Crippen molar-refractivity contribution in [2.45, 2.75) is 27.7 Å². The van der Waals surface area contributed by atoms with Gasteiger partial charge in [0.2, 0.25) is 5.82 Å². The van der Waals surface area contributed by atoms with Crippen LogP contribution in [0.15, 0.2) is 45.3 Å². The van der Waals surface area contributed by atoms with Gasteiger partial charge in [-0.05, 0) is 36.1 Å². The van der Waals surface area contributed by atoms with Gasteiger partial charge in [-0.15, -0.1) is 0 Å². The van der Waals surface area contributed by atoms with E-state index in [0.29, 0.717) is 22.0 Å². The smallest absolute Gasteiger partial charge is 0.305 e. The molecule has 10 heteroatoms. The lowest BCUT2D eigenvalue weighted by Crippen LogP contribution is -2.31. The molecule has 7 nitrogen and oxygen atoms in total. The van der Waals surface area contributed by atoms with Crippen molar-refractivity contribution < 1.29 is 14.2 Å². The molecule has 0 aliphatic carbocycles. The van der Waals surface area contributed by atoms with Crippen LogP contribution in [0.4, 0.5) is 21.5 Å². The van der Waals surface area contributed by atoms with Crippen LogP contribution in [0.3, 0.4) is 0 Å². The number of rotatable bonds is 7. The number of benzene rings is 2. The maximum atomic E-state index is 12.6. The normalized spacial score (nSPS) is 10.6. The Bertz CT molecular complexity index is 884. The minimum absolute atomic E-state index is 0.163. The van der Waals surface area contributed by atoms with Crippen LogP contribution in [-0.4, -0.2) is 22.9 Å². The first kappa shape index (κ1) is 26.0. The van der Waals surface area contributed by atoms with E-state index in [2.05, 4.69) is 64.5 Å². The van der Waals surface area contributed by atoms with E-state index >= 15 is 0 Å². The van der Waals surface area contributed by atoms with E-state index in [-0.39, 0.29) is 10.6 Å². The Labute approximate surface area is 191 Å². The van der Waals surface area contributed by atoms with Gasteiger partial charge < -0.3 is 4.90 Å². The molecule has 0 aliphatic heterocycles. The number of hydrogen-bond acceptors (Lipinski definition) is 5. The largest absolute Gasteiger partial charge is 0.365 e. The lowest BCUT2D eigenvalue weighted by Gasteiger charge is -2.28. The Morgan fingerprint density at radius 1 is 0.867 bits per heavy atom. The third-order valence-corrected chi connectivity index (χ3v) is 4.74. The molecular weight excluding hydrogens is 525 g/mol. The Morgan fingerprint density at radius 3 is 1.70 bits per heavy atom. The summed E-state index contributed by atoms with van der Waals surface area (Å²) in [6.45, 7) is 10.1. The van der Waals surface area contributed by atoms with Crippen molar-refractivity contribution >= 4 is 48.9 Å². The second-order valence-electron chi connectivity index (χ2n) is 7.44. The molecular formula is C20H24Br2FN3O4. The molecule has 0 spiro atoms. The van der Waals surface area contributed by atoms with E-state index in [1.807, 2.05) is 12.1 Å². The molecule has 0 heterocycles. The molecule has 0 fully saturated rings. The average Bonchev–Trinajstić information content (AvgIpc) is 2.62. The van der Waals surface area contributed by atoms with E-state index in [4.69, 9.17) is 0 Å². The van der Waals surface area contributed by atoms with Gasteiger partial charge in [0.25, 0.3) is 5.69 Å². The number of hydrogen-bond donors (Lipinski definition) is 0. The number of nitrogens with zero attached hydrogens (tertiary/aromatic N) is 3. The van der Waals surface area contributed by atoms with E-state index in [1.54, 1.807) is 6.07 Å². The highest BCUT2D eigenvalue weighted by atomic mass is 79.9. The molecule has 0 saturated carbocycles. The third kappa shape index (κ3) is 8.35. The van der Waals surface area contributed by atoms with E-state index in [9.17, 15) is 24.6 Å². The van der Waals surface area contributed by atoms with Gasteiger partial charge in [0.15, 0.2) is 0 Å². The molecule has 0 amide bonds. The SMILES string of the molecule is CC(C)CN(CC(C)C)c1ccc(Br)cc1[N+](=O)[O-].O=[N+]([O-])c1cc(Br)ccc1F. The topological polar surface area (TPSA) is 89.5 Å². The molecule has 2 rings (SSSR count). The van der Waals surface area contributed by atoms with Gasteiger partial charge in [-0.1, -0.05) is 59.6 Å². The maximum absolute atomic E-state index is 12.6. The molecule has 0 bridgehead atoms. The summed E-state index contributed by atoms with van der Waals surface area (Å²) in [5.74, 6) is 0.0993. The molecule has 2 aromatic rings. The van der Waals surface area contributed by atoms with Crippen molar-refractivity contribution in [3.8, 4) is 0 Å². The van der Waals surface area contributed by atoms with Crippen LogP contribution in [-0.2, 0) is 0 Å². The first-order valence-corrected chi connectivity index (χ1v) is 10.8. The quantitative estimate of drug-likeness (QED) is 0.275. The highest BCUT2D eigenvalue weighted by Gasteiger charge is 2.21. The summed E-state index contributed by atoms with van der Waals surface area (Å²) in [5, 5.41) is 21.3. The van der Waals surface area contributed by atoms with Crippen molar-refractivity contribution in [3.05, 3.63) is 71.4 Å². The van der Waals surface area contributed by atoms with E-state index < -0.39 is 16.4 Å².